The molecule has 3 aromatic carbocycles. The number of rotatable bonds is 11. The number of amides is 1. The molecule has 0 aromatic heterocycles. The fourth-order valence-corrected chi connectivity index (χ4v) is 3.02. The van der Waals surface area contributed by atoms with Crippen molar-refractivity contribution in [3.8, 4) is 17.2 Å². The summed E-state index contributed by atoms with van der Waals surface area (Å²) in [6.45, 7) is 3.17. The number of carbonyl (C=O) groups excluding carboxylic acids is 1. The number of ether oxygens (including phenoxy) is 3. The third kappa shape index (κ3) is 7.54. The van der Waals surface area contributed by atoms with Gasteiger partial charge in [-0.15, -0.1) is 0 Å². The molecule has 0 radical (unpaired) electrons. The first-order valence-corrected chi connectivity index (χ1v) is 11.1. The minimum atomic E-state index is -0.304. The number of carbonyl (C=O) groups is 1. The van der Waals surface area contributed by atoms with Crippen LogP contribution in [0.1, 0.15) is 41.3 Å². The second kappa shape index (κ2) is 12.5. The van der Waals surface area contributed by atoms with Crippen LogP contribution >= 0.6 is 11.6 Å². The first-order valence-electron chi connectivity index (χ1n) is 10.7. The summed E-state index contributed by atoms with van der Waals surface area (Å²) < 4.78 is 16.9. The molecule has 0 bridgehead atoms. The zero-order valence-corrected chi connectivity index (χ0v) is 19.5. The molecule has 0 spiro atoms. The molecule has 0 aliphatic heterocycles. The maximum Gasteiger partial charge on any atom is 0.271 e. The molecule has 0 aliphatic carbocycles. The minimum Gasteiger partial charge on any atom is -0.494 e. The van der Waals surface area contributed by atoms with Gasteiger partial charge in [0, 0.05) is 10.6 Å². The van der Waals surface area contributed by atoms with E-state index in [1.807, 2.05) is 30.3 Å². The Kier molecular flexibility index (Phi) is 9.15. The normalized spacial score (nSPS) is 10.8. The van der Waals surface area contributed by atoms with Gasteiger partial charge < -0.3 is 14.2 Å². The van der Waals surface area contributed by atoms with Gasteiger partial charge in [-0.3, -0.25) is 4.79 Å². The van der Waals surface area contributed by atoms with E-state index in [1.54, 1.807) is 49.7 Å². The van der Waals surface area contributed by atoms with Gasteiger partial charge in [0.25, 0.3) is 5.91 Å². The fourth-order valence-electron chi connectivity index (χ4n) is 2.89. The highest BCUT2D eigenvalue weighted by molar-refractivity contribution is 6.30. The summed E-state index contributed by atoms with van der Waals surface area (Å²) in [5, 5.41) is 4.72. The highest BCUT2D eigenvalue weighted by Crippen LogP contribution is 2.28. The Hall–Kier alpha value is -3.51. The summed E-state index contributed by atoms with van der Waals surface area (Å²) in [7, 11) is 1.57. The summed E-state index contributed by atoms with van der Waals surface area (Å²) in [6, 6.07) is 19.9. The van der Waals surface area contributed by atoms with Gasteiger partial charge in [-0.2, -0.15) is 5.10 Å². The quantitative estimate of drug-likeness (QED) is 0.218. The molecule has 172 valence electrons. The average molecular weight is 467 g/mol. The lowest BCUT2D eigenvalue weighted by molar-refractivity contribution is 0.0955. The predicted octanol–water partition coefficient (Wildman–Crippen LogP) is 5.87. The first kappa shape index (κ1) is 24.1. The van der Waals surface area contributed by atoms with Gasteiger partial charge in [-0.25, -0.2) is 5.43 Å². The molecule has 0 saturated heterocycles. The average Bonchev–Trinajstić information content (AvgIpc) is 2.84. The summed E-state index contributed by atoms with van der Waals surface area (Å²) >= 11 is 5.91. The Balaban J connectivity index is 1.54. The van der Waals surface area contributed by atoms with Gasteiger partial charge in [-0.05, 0) is 72.1 Å². The molecule has 7 heteroatoms. The minimum absolute atomic E-state index is 0.304. The maximum atomic E-state index is 12.3. The van der Waals surface area contributed by atoms with Crippen LogP contribution in [0.25, 0.3) is 0 Å². The second-order valence-corrected chi connectivity index (χ2v) is 7.69. The van der Waals surface area contributed by atoms with Gasteiger partial charge in [0.2, 0.25) is 0 Å². The van der Waals surface area contributed by atoms with Crippen LogP contribution in [0.2, 0.25) is 5.02 Å². The van der Waals surface area contributed by atoms with E-state index < -0.39 is 0 Å². The topological polar surface area (TPSA) is 69.2 Å². The van der Waals surface area contributed by atoms with E-state index in [-0.39, 0.29) is 5.91 Å². The number of nitrogens with one attached hydrogen (secondary N) is 1. The summed E-state index contributed by atoms with van der Waals surface area (Å²) in [4.78, 5) is 12.3. The van der Waals surface area contributed by atoms with Crippen molar-refractivity contribution >= 4 is 23.7 Å². The van der Waals surface area contributed by atoms with Crippen LogP contribution < -0.4 is 19.6 Å². The van der Waals surface area contributed by atoms with Crippen LogP contribution in [-0.4, -0.2) is 25.8 Å². The Morgan fingerprint density at radius 2 is 1.76 bits per heavy atom. The SMILES string of the molecule is CCCCOc1ccc(C(=O)N/N=C/c2ccc(OCc3ccc(Cl)cc3)c(OC)c2)cc1. The van der Waals surface area contributed by atoms with E-state index in [2.05, 4.69) is 17.5 Å². The molecule has 6 nitrogen and oxygen atoms in total. The van der Waals surface area contributed by atoms with Crippen molar-refractivity contribution in [3.05, 3.63) is 88.4 Å². The molecule has 0 aliphatic rings. The number of methoxy groups -OCH3 is 1. The van der Waals surface area contributed by atoms with Gasteiger partial charge in [0.1, 0.15) is 12.4 Å². The zero-order valence-electron chi connectivity index (χ0n) is 18.7. The van der Waals surface area contributed by atoms with Crippen molar-refractivity contribution in [1.82, 2.24) is 5.43 Å². The molecule has 0 fully saturated rings. The Labute approximate surface area is 199 Å². The van der Waals surface area contributed by atoms with Crippen molar-refractivity contribution in [2.45, 2.75) is 26.4 Å². The highest BCUT2D eigenvalue weighted by Gasteiger charge is 2.07. The summed E-state index contributed by atoms with van der Waals surface area (Å²) in [5.41, 5.74) is 4.78. The van der Waals surface area contributed by atoms with Crippen molar-refractivity contribution in [2.24, 2.45) is 5.10 Å². The second-order valence-electron chi connectivity index (χ2n) is 7.25. The van der Waals surface area contributed by atoms with E-state index >= 15 is 0 Å². The number of hydrazone groups is 1. The first-order chi connectivity index (χ1) is 16.1. The van der Waals surface area contributed by atoms with Crippen molar-refractivity contribution in [2.75, 3.05) is 13.7 Å². The summed E-state index contributed by atoms with van der Waals surface area (Å²) in [5.74, 6) is 1.61. The van der Waals surface area contributed by atoms with Crippen LogP contribution in [0.4, 0.5) is 0 Å². The largest absolute Gasteiger partial charge is 0.494 e. The predicted molar refractivity (Wildman–Crippen MR) is 131 cm³/mol. The molecule has 33 heavy (non-hydrogen) atoms. The molecule has 1 N–H and O–H groups in total. The summed E-state index contributed by atoms with van der Waals surface area (Å²) in [6.07, 6.45) is 3.62. The van der Waals surface area contributed by atoms with Crippen LogP contribution in [0.5, 0.6) is 17.2 Å². The molecule has 0 unspecified atom stereocenters. The smallest absolute Gasteiger partial charge is 0.271 e. The van der Waals surface area contributed by atoms with Gasteiger partial charge in [-0.1, -0.05) is 37.1 Å². The molecule has 0 atom stereocenters. The number of unbranched alkanes of at least 4 members (excludes halogenated alkanes) is 1. The van der Waals surface area contributed by atoms with E-state index in [0.717, 1.165) is 29.7 Å². The van der Waals surface area contributed by atoms with Gasteiger partial charge in [0.15, 0.2) is 11.5 Å². The van der Waals surface area contributed by atoms with E-state index in [1.165, 1.54) is 0 Å². The van der Waals surface area contributed by atoms with Crippen molar-refractivity contribution in [1.29, 1.82) is 0 Å². The van der Waals surface area contributed by atoms with Crippen LogP contribution in [0.3, 0.4) is 0 Å². The Morgan fingerprint density at radius 3 is 2.45 bits per heavy atom. The lowest BCUT2D eigenvalue weighted by atomic mass is 10.2. The molecule has 1 amide bonds. The molecule has 0 saturated carbocycles. The molecular formula is C26H27ClN2O4. The van der Waals surface area contributed by atoms with Crippen LogP contribution in [0.15, 0.2) is 71.8 Å². The lowest BCUT2D eigenvalue weighted by Crippen LogP contribution is -2.17. The van der Waals surface area contributed by atoms with E-state index in [0.29, 0.717) is 35.3 Å². The Bertz CT molecular complexity index is 1070. The third-order valence-electron chi connectivity index (χ3n) is 4.76. The third-order valence-corrected chi connectivity index (χ3v) is 5.01. The van der Waals surface area contributed by atoms with Crippen LogP contribution in [0, 0.1) is 0 Å². The number of hydrogen-bond acceptors (Lipinski definition) is 5. The molecular weight excluding hydrogens is 440 g/mol. The van der Waals surface area contributed by atoms with Crippen molar-refractivity contribution < 1.29 is 19.0 Å². The maximum absolute atomic E-state index is 12.3. The van der Waals surface area contributed by atoms with E-state index in [9.17, 15) is 4.79 Å². The zero-order chi connectivity index (χ0) is 23.5. The number of benzene rings is 3. The highest BCUT2D eigenvalue weighted by atomic mass is 35.5. The lowest BCUT2D eigenvalue weighted by Gasteiger charge is -2.11. The molecule has 3 rings (SSSR count). The number of nitrogens with zero attached hydrogens (tertiary/aromatic N) is 1. The van der Waals surface area contributed by atoms with Gasteiger partial charge in [0.05, 0.1) is 19.9 Å². The van der Waals surface area contributed by atoms with Crippen LogP contribution in [-0.2, 0) is 6.61 Å². The standard InChI is InChI=1S/C26H27ClN2O4/c1-3-4-15-32-23-12-8-21(9-13-23)26(30)29-28-17-20-7-14-24(25(16-20)31-2)33-18-19-5-10-22(27)11-6-19/h5-14,16-17H,3-4,15,18H2,1-2H3,(H,29,30)/b28-17+. The number of halogens is 1. The monoisotopic (exact) mass is 466 g/mol. The van der Waals surface area contributed by atoms with Crippen molar-refractivity contribution in [3.63, 3.8) is 0 Å². The fraction of sp³-hybridized carbons (Fsp3) is 0.231. The number of hydrogen-bond donors (Lipinski definition) is 1. The Morgan fingerprint density at radius 1 is 1.00 bits per heavy atom. The van der Waals surface area contributed by atoms with Gasteiger partial charge >= 0.3 is 0 Å². The molecule has 0 heterocycles. The molecule has 3 aromatic rings. The van der Waals surface area contributed by atoms with E-state index in [4.69, 9.17) is 25.8 Å².